The molecule has 1 unspecified atom stereocenters. The summed E-state index contributed by atoms with van der Waals surface area (Å²) in [4.78, 5) is 25.0. The second-order valence-corrected chi connectivity index (χ2v) is 8.36. The van der Waals surface area contributed by atoms with E-state index in [1.165, 1.54) is 15.9 Å². The lowest BCUT2D eigenvalue weighted by Crippen LogP contribution is -2.27. The molecule has 9 nitrogen and oxygen atoms in total. The maximum atomic E-state index is 12.6. The summed E-state index contributed by atoms with van der Waals surface area (Å²) >= 11 is 1.39. The van der Waals surface area contributed by atoms with Crippen molar-refractivity contribution in [1.29, 1.82) is 0 Å². The smallest absolute Gasteiger partial charge is 0.272 e. The van der Waals surface area contributed by atoms with Crippen LogP contribution in [0.2, 0.25) is 0 Å². The third-order valence-corrected chi connectivity index (χ3v) is 6.31. The number of rotatable bonds is 5. The number of carbonyl (C=O) groups is 1. The zero-order valence-corrected chi connectivity index (χ0v) is 17.9. The molecule has 1 aliphatic heterocycles. The number of carbonyl (C=O) groups excluding carboxylic acids is 1. The summed E-state index contributed by atoms with van der Waals surface area (Å²) < 4.78 is 15.2. The molecule has 4 aromatic rings. The second-order valence-electron chi connectivity index (χ2n) is 7.44. The molecule has 1 N–H and O–H groups in total. The summed E-state index contributed by atoms with van der Waals surface area (Å²) in [5.41, 5.74) is 1.62. The summed E-state index contributed by atoms with van der Waals surface area (Å²) in [7, 11) is 1.68. The van der Waals surface area contributed by atoms with Gasteiger partial charge in [-0.2, -0.15) is 0 Å². The average molecular weight is 439 g/mol. The minimum atomic E-state index is -0.178. The SMILES string of the molecule is CC(NC(=O)CCc1nnc2n(C)c(=O)c3sccc3n12)c1ccc2c(c1)OCCO2. The van der Waals surface area contributed by atoms with E-state index in [1.807, 2.05) is 41.0 Å². The molecule has 0 fully saturated rings. The number of benzene rings is 1. The summed E-state index contributed by atoms with van der Waals surface area (Å²) in [5, 5.41) is 13.3. The number of amides is 1. The molecule has 3 aromatic heterocycles. The number of nitrogens with one attached hydrogen (secondary N) is 1. The van der Waals surface area contributed by atoms with E-state index in [0.717, 1.165) is 16.8 Å². The Morgan fingerprint density at radius 3 is 2.87 bits per heavy atom. The van der Waals surface area contributed by atoms with Gasteiger partial charge in [-0.3, -0.25) is 18.6 Å². The van der Waals surface area contributed by atoms with E-state index in [9.17, 15) is 9.59 Å². The largest absolute Gasteiger partial charge is 0.486 e. The molecule has 10 heteroatoms. The van der Waals surface area contributed by atoms with Crippen LogP contribution in [0.25, 0.3) is 16.0 Å². The molecule has 0 saturated heterocycles. The lowest BCUT2D eigenvalue weighted by molar-refractivity contribution is -0.121. The Bertz CT molecular complexity index is 1360. The van der Waals surface area contributed by atoms with Crippen LogP contribution in [0, 0.1) is 0 Å². The number of aryl methyl sites for hydroxylation is 2. The summed E-state index contributed by atoms with van der Waals surface area (Å²) in [6.45, 7) is 2.99. The van der Waals surface area contributed by atoms with Crippen LogP contribution < -0.4 is 20.3 Å². The van der Waals surface area contributed by atoms with Gasteiger partial charge in [0.1, 0.15) is 23.7 Å². The van der Waals surface area contributed by atoms with Gasteiger partial charge in [-0.25, -0.2) is 0 Å². The zero-order valence-electron chi connectivity index (χ0n) is 17.1. The predicted molar refractivity (Wildman–Crippen MR) is 116 cm³/mol. The van der Waals surface area contributed by atoms with E-state index in [2.05, 4.69) is 15.5 Å². The van der Waals surface area contributed by atoms with Crippen molar-refractivity contribution in [3.8, 4) is 11.5 Å². The van der Waals surface area contributed by atoms with Crippen LogP contribution in [0.5, 0.6) is 11.5 Å². The van der Waals surface area contributed by atoms with E-state index in [0.29, 0.717) is 41.7 Å². The third kappa shape index (κ3) is 3.42. The predicted octanol–water partition coefficient (Wildman–Crippen LogP) is 2.22. The fourth-order valence-corrected chi connectivity index (χ4v) is 4.62. The summed E-state index contributed by atoms with van der Waals surface area (Å²) in [6.07, 6.45) is 0.661. The monoisotopic (exact) mass is 439 g/mol. The Morgan fingerprint density at radius 1 is 1.23 bits per heavy atom. The van der Waals surface area contributed by atoms with Gasteiger partial charge in [0.05, 0.1) is 11.6 Å². The van der Waals surface area contributed by atoms with Crippen LogP contribution in [-0.2, 0) is 18.3 Å². The Morgan fingerprint density at radius 2 is 2.03 bits per heavy atom. The van der Waals surface area contributed by atoms with E-state index in [-0.39, 0.29) is 23.9 Å². The van der Waals surface area contributed by atoms with Crippen molar-refractivity contribution in [3.63, 3.8) is 0 Å². The van der Waals surface area contributed by atoms with Crippen LogP contribution in [0.1, 0.15) is 30.8 Å². The zero-order chi connectivity index (χ0) is 21.5. The molecule has 0 aliphatic carbocycles. The Labute approximate surface area is 181 Å². The maximum Gasteiger partial charge on any atom is 0.272 e. The molecule has 0 radical (unpaired) electrons. The molecule has 1 aliphatic rings. The van der Waals surface area contributed by atoms with E-state index < -0.39 is 0 Å². The Kier molecular flexibility index (Phi) is 4.85. The molecule has 1 atom stereocenters. The van der Waals surface area contributed by atoms with Gasteiger partial charge < -0.3 is 14.8 Å². The highest BCUT2D eigenvalue weighted by Crippen LogP contribution is 2.32. The van der Waals surface area contributed by atoms with Crippen molar-refractivity contribution in [3.05, 3.63) is 51.4 Å². The molecule has 0 spiro atoms. The van der Waals surface area contributed by atoms with Gasteiger partial charge in [0.2, 0.25) is 11.7 Å². The minimum Gasteiger partial charge on any atom is -0.486 e. The molecule has 31 heavy (non-hydrogen) atoms. The molecule has 160 valence electrons. The van der Waals surface area contributed by atoms with Crippen LogP contribution in [0.15, 0.2) is 34.4 Å². The highest BCUT2D eigenvalue weighted by molar-refractivity contribution is 7.17. The maximum absolute atomic E-state index is 12.6. The van der Waals surface area contributed by atoms with Crippen molar-refractivity contribution < 1.29 is 14.3 Å². The summed E-state index contributed by atoms with van der Waals surface area (Å²) in [6, 6.07) is 7.40. The van der Waals surface area contributed by atoms with E-state index in [1.54, 1.807) is 7.05 Å². The van der Waals surface area contributed by atoms with Gasteiger partial charge in [-0.05, 0) is 36.1 Å². The first-order chi connectivity index (χ1) is 15.0. The highest BCUT2D eigenvalue weighted by atomic mass is 32.1. The minimum absolute atomic E-state index is 0.0921. The number of thiophene rings is 1. The molecule has 0 saturated carbocycles. The molecule has 1 aromatic carbocycles. The number of nitrogens with zero attached hydrogens (tertiary/aromatic N) is 4. The molecular formula is C21H21N5O4S. The van der Waals surface area contributed by atoms with Crippen LogP contribution in [0.3, 0.4) is 0 Å². The number of hydrogen-bond donors (Lipinski definition) is 1. The molecule has 1 amide bonds. The number of aromatic nitrogens is 4. The lowest BCUT2D eigenvalue weighted by atomic mass is 10.1. The molecule has 0 bridgehead atoms. The fourth-order valence-electron chi connectivity index (χ4n) is 3.77. The van der Waals surface area contributed by atoms with E-state index >= 15 is 0 Å². The van der Waals surface area contributed by atoms with Gasteiger partial charge in [-0.1, -0.05) is 6.07 Å². The first-order valence-corrected chi connectivity index (χ1v) is 10.9. The highest BCUT2D eigenvalue weighted by Gasteiger charge is 2.18. The van der Waals surface area contributed by atoms with Gasteiger partial charge in [0.15, 0.2) is 11.5 Å². The standard InChI is InChI=1S/C21H21N5O4S/c1-12(13-3-4-15-16(11-13)30-9-8-29-15)22-18(27)6-5-17-23-24-21-25(2)20(28)19-14(26(17)21)7-10-31-19/h3-4,7,10-12H,5-6,8-9H2,1-2H3,(H,22,27). The second kappa shape index (κ2) is 7.69. The van der Waals surface area contributed by atoms with Crippen molar-refractivity contribution >= 4 is 33.2 Å². The fraction of sp³-hybridized carbons (Fsp3) is 0.333. The van der Waals surface area contributed by atoms with Crippen LogP contribution in [-0.4, -0.2) is 38.3 Å². The normalized spacial score (nSPS) is 14.1. The van der Waals surface area contributed by atoms with Gasteiger partial charge in [0.25, 0.3) is 5.56 Å². The number of fused-ring (bicyclic) bond motifs is 4. The van der Waals surface area contributed by atoms with Crippen LogP contribution in [0.4, 0.5) is 0 Å². The topological polar surface area (TPSA) is 99.8 Å². The van der Waals surface area contributed by atoms with Gasteiger partial charge >= 0.3 is 0 Å². The average Bonchev–Trinajstić information content (AvgIpc) is 3.42. The van der Waals surface area contributed by atoms with Crippen molar-refractivity contribution in [2.24, 2.45) is 7.05 Å². The first kappa shape index (κ1) is 19.6. The van der Waals surface area contributed by atoms with Crippen molar-refractivity contribution in [1.82, 2.24) is 24.5 Å². The lowest BCUT2D eigenvalue weighted by Gasteiger charge is -2.21. The summed E-state index contributed by atoms with van der Waals surface area (Å²) in [5.74, 6) is 2.45. The Balaban J connectivity index is 1.31. The first-order valence-electron chi connectivity index (χ1n) is 10.0. The van der Waals surface area contributed by atoms with Crippen molar-refractivity contribution in [2.75, 3.05) is 13.2 Å². The molecular weight excluding hydrogens is 418 g/mol. The molecule has 4 heterocycles. The quantitative estimate of drug-likeness (QED) is 0.512. The third-order valence-electron chi connectivity index (χ3n) is 5.42. The van der Waals surface area contributed by atoms with E-state index in [4.69, 9.17) is 9.47 Å². The van der Waals surface area contributed by atoms with Gasteiger partial charge in [-0.15, -0.1) is 21.5 Å². The van der Waals surface area contributed by atoms with Crippen molar-refractivity contribution in [2.45, 2.75) is 25.8 Å². The Hall–Kier alpha value is -3.40. The van der Waals surface area contributed by atoms with Gasteiger partial charge in [0, 0.05) is 19.9 Å². The van der Waals surface area contributed by atoms with Crippen LogP contribution >= 0.6 is 11.3 Å². The number of ether oxygens (including phenoxy) is 2. The number of hydrogen-bond acceptors (Lipinski definition) is 7. The molecule has 5 rings (SSSR count).